The van der Waals surface area contributed by atoms with Crippen LogP contribution in [0.5, 0.6) is 5.75 Å². The van der Waals surface area contributed by atoms with Crippen molar-refractivity contribution in [3.05, 3.63) is 28.8 Å². The van der Waals surface area contributed by atoms with Crippen molar-refractivity contribution in [3.8, 4) is 11.8 Å². The van der Waals surface area contributed by atoms with Gasteiger partial charge in [0.25, 0.3) is 0 Å². The van der Waals surface area contributed by atoms with Crippen LogP contribution in [0.25, 0.3) is 0 Å². The number of hydrogen-bond donors (Lipinski definition) is 1. The maximum atomic E-state index is 10.9. The molecular weight excluding hydrogens is 194 g/mol. The summed E-state index contributed by atoms with van der Waals surface area (Å²) >= 11 is 0. The highest BCUT2D eigenvalue weighted by Gasteiger charge is 2.15. The van der Waals surface area contributed by atoms with Gasteiger partial charge in [-0.05, 0) is 24.1 Å². The second kappa shape index (κ2) is 4.47. The van der Waals surface area contributed by atoms with E-state index in [0.29, 0.717) is 17.7 Å². The van der Waals surface area contributed by atoms with Crippen LogP contribution in [0, 0.1) is 11.3 Å². The molecule has 0 saturated heterocycles. The summed E-state index contributed by atoms with van der Waals surface area (Å²) in [6, 6.07) is 4.96. The first-order valence-corrected chi connectivity index (χ1v) is 4.48. The molecule has 0 fully saturated rings. The molecule has 0 atom stereocenters. The number of nitrogens with zero attached hydrogens (tertiary/aromatic N) is 1. The second-order valence-corrected chi connectivity index (χ2v) is 2.98. The standard InChI is InChI=1S/C11H11NO3/c1-3-7-4-8(15-2)5-9(11(13)14)10(7)6-12/h4-5H,3H2,1-2H3,(H,13,14). The predicted octanol–water partition coefficient (Wildman–Crippen LogP) is 1.83. The van der Waals surface area contributed by atoms with E-state index < -0.39 is 5.97 Å². The molecule has 15 heavy (non-hydrogen) atoms. The molecule has 0 amide bonds. The molecule has 0 saturated carbocycles. The summed E-state index contributed by atoms with van der Waals surface area (Å²) in [4.78, 5) is 10.9. The number of carboxylic acid groups (broad SMARTS) is 1. The predicted molar refractivity (Wildman–Crippen MR) is 54.0 cm³/mol. The minimum atomic E-state index is -1.11. The van der Waals surface area contributed by atoms with Crippen LogP contribution < -0.4 is 4.74 Å². The molecule has 1 rings (SSSR count). The summed E-state index contributed by atoms with van der Waals surface area (Å²) in [5.41, 5.74) is 0.897. The van der Waals surface area contributed by atoms with Gasteiger partial charge in [-0.25, -0.2) is 4.79 Å². The fraction of sp³-hybridized carbons (Fsp3) is 0.273. The lowest BCUT2D eigenvalue weighted by atomic mass is 9.99. The molecule has 4 nitrogen and oxygen atoms in total. The quantitative estimate of drug-likeness (QED) is 0.817. The van der Waals surface area contributed by atoms with E-state index in [-0.39, 0.29) is 11.1 Å². The van der Waals surface area contributed by atoms with E-state index in [4.69, 9.17) is 15.1 Å². The highest BCUT2D eigenvalue weighted by atomic mass is 16.5. The summed E-state index contributed by atoms with van der Waals surface area (Å²) in [6.07, 6.45) is 0.598. The summed E-state index contributed by atoms with van der Waals surface area (Å²) in [6.45, 7) is 1.86. The van der Waals surface area contributed by atoms with Gasteiger partial charge in [0.05, 0.1) is 18.2 Å². The number of hydrogen-bond acceptors (Lipinski definition) is 3. The molecule has 0 aliphatic rings. The molecule has 1 aromatic rings. The molecule has 0 radical (unpaired) electrons. The molecule has 0 aliphatic heterocycles. The topological polar surface area (TPSA) is 70.3 Å². The Morgan fingerprint density at radius 2 is 2.27 bits per heavy atom. The molecule has 0 aromatic heterocycles. The summed E-state index contributed by atoms with van der Waals surface area (Å²) < 4.78 is 4.97. The molecule has 0 unspecified atom stereocenters. The van der Waals surface area contributed by atoms with Crippen molar-refractivity contribution >= 4 is 5.97 Å². The summed E-state index contributed by atoms with van der Waals surface area (Å²) in [5, 5.41) is 17.8. The van der Waals surface area contributed by atoms with E-state index in [9.17, 15) is 4.79 Å². The van der Waals surface area contributed by atoms with Crippen LogP contribution in [0.3, 0.4) is 0 Å². The summed E-state index contributed by atoms with van der Waals surface area (Å²) in [7, 11) is 1.46. The van der Waals surface area contributed by atoms with Gasteiger partial charge in [-0.1, -0.05) is 6.92 Å². The first kappa shape index (κ1) is 11.1. The molecule has 0 bridgehead atoms. The largest absolute Gasteiger partial charge is 0.497 e. The zero-order valence-corrected chi connectivity index (χ0v) is 8.57. The minimum Gasteiger partial charge on any atom is -0.497 e. The lowest BCUT2D eigenvalue weighted by molar-refractivity contribution is 0.0696. The number of ether oxygens (including phenoxy) is 1. The fourth-order valence-electron chi connectivity index (χ4n) is 1.37. The number of aromatic carboxylic acids is 1. The Bertz CT molecular complexity index is 432. The number of benzene rings is 1. The Hall–Kier alpha value is -2.02. The Morgan fingerprint density at radius 1 is 1.60 bits per heavy atom. The van der Waals surface area contributed by atoms with Crippen LogP contribution >= 0.6 is 0 Å². The molecule has 1 N–H and O–H groups in total. The van der Waals surface area contributed by atoms with Crippen molar-refractivity contribution in [2.45, 2.75) is 13.3 Å². The van der Waals surface area contributed by atoms with Gasteiger partial charge in [0.15, 0.2) is 0 Å². The molecule has 0 aliphatic carbocycles. The van der Waals surface area contributed by atoms with E-state index in [0.717, 1.165) is 0 Å². The van der Waals surface area contributed by atoms with Gasteiger partial charge in [0, 0.05) is 0 Å². The van der Waals surface area contributed by atoms with Crippen LogP contribution in [0.15, 0.2) is 12.1 Å². The third-order valence-corrected chi connectivity index (χ3v) is 2.15. The molecule has 78 valence electrons. The van der Waals surface area contributed by atoms with Gasteiger partial charge in [-0.3, -0.25) is 0 Å². The van der Waals surface area contributed by atoms with Gasteiger partial charge >= 0.3 is 5.97 Å². The Balaban J connectivity index is 3.48. The smallest absolute Gasteiger partial charge is 0.337 e. The molecule has 0 heterocycles. The number of carbonyl (C=O) groups is 1. The van der Waals surface area contributed by atoms with Crippen molar-refractivity contribution in [1.29, 1.82) is 5.26 Å². The van der Waals surface area contributed by atoms with Crippen LogP contribution in [-0.4, -0.2) is 18.2 Å². The molecule has 4 heteroatoms. The highest BCUT2D eigenvalue weighted by Crippen LogP contribution is 2.22. The highest BCUT2D eigenvalue weighted by molar-refractivity contribution is 5.91. The number of carboxylic acids is 1. The van der Waals surface area contributed by atoms with Crippen molar-refractivity contribution in [1.82, 2.24) is 0 Å². The van der Waals surface area contributed by atoms with E-state index in [2.05, 4.69) is 0 Å². The minimum absolute atomic E-state index is 0.00583. The molecular formula is C11H11NO3. The third kappa shape index (κ3) is 2.08. The fourth-order valence-corrected chi connectivity index (χ4v) is 1.37. The van der Waals surface area contributed by atoms with Gasteiger partial charge < -0.3 is 9.84 Å². The maximum Gasteiger partial charge on any atom is 0.337 e. The van der Waals surface area contributed by atoms with Crippen molar-refractivity contribution in [3.63, 3.8) is 0 Å². The van der Waals surface area contributed by atoms with Crippen molar-refractivity contribution < 1.29 is 14.6 Å². The number of aryl methyl sites for hydroxylation is 1. The first-order valence-electron chi connectivity index (χ1n) is 4.48. The van der Waals surface area contributed by atoms with E-state index in [1.54, 1.807) is 6.07 Å². The SMILES string of the molecule is CCc1cc(OC)cc(C(=O)O)c1C#N. The average molecular weight is 205 g/mol. The van der Waals surface area contributed by atoms with Crippen LogP contribution in [0.4, 0.5) is 0 Å². The summed E-state index contributed by atoms with van der Waals surface area (Å²) in [5.74, 6) is -0.650. The molecule has 1 aromatic carbocycles. The van der Waals surface area contributed by atoms with Crippen LogP contribution in [0.1, 0.15) is 28.4 Å². The first-order chi connectivity index (χ1) is 7.13. The maximum absolute atomic E-state index is 10.9. The van der Waals surface area contributed by atoms with Gasteiger partial charge in [-0.2, -0.15) is 5.26 Å². The van der Waals surface area contributed by atoms with Gasteiger partial charge in [-0.15, -0.1) is 0 Å². The number of rotatable bonds is 3. The number of nitriles is 1. The Kier molecular flexibility index (Phi) is 3.29. The van der Waals surface area contributed by atoms with Crippen molar-refractivity contribution in [2.24, 2.45) is 0 Å². The third-order valence-electron chi connectivity index (χ3n) is 2.15. The van der Waals surface area contributed by atoms with E-state index in [1.165, 1.54) is 13.2 Å². The Labute approximate surface area is 87.7 Å². The monoisotopic (exact) mass is 205 g/mol. The lowest BCUT2D eigenvalue weighted by Crippen LogP contribution is -2.04. The zero-order valence-electron chi connectivity index (χ0n) is 8.57. The van der Waals surface area contributed by atoms with E-state index in [1.807, 2.05) is 13.0 Å². The lowest BCUT2D eigenvalue weighted by Gasteiger charge is -2.08. The average Bonchev–Trinajstić information content (AvgIpc) is 2.26. The normalized spacial score (nSPS) is 9.40. The number of methoxy groups -OCH3 is 1. The second-order valence-electron chi connectivity index (χ2n) is 2.98. The van der Waals surface area contributed by atoms with Crippen LogP contribution in [-0.2, 0) is 6.42 Å². The van der Waals surface area contributed by atoms with E-state index >= 15 is 0 Å². The van der Waals surface area contributed by atoms with Crippen LogP contribution in [0.2, 0.25) is 0 Å². The zero-order chi connectivity index (χ0) is 11.4. The molecule has 0 spiro atoms. The van der Waals surface area contributed by atoms with Gasteiger partial charge in [0.1, 0.15) is 11.8 Å². The Morgan fingerprint density at radius 3 is 2.67 bits per heavy atom. The van der Waals surface area contributed by atoms with Gasteiger partial charge in [0.2, 0.25) is 0 Å². The van der Waals surface area contributed by atoms with Crippen molar-refractivity contribution in [2.75, 3.05) is 7.11 Å².